The Balaban J connectivity index is 1.63. The van der Waals surface area contributed by atoms with Gasteiger partial charge in [-0.2, -0.15) is 0 Å². The van der Waals surface area contributed by atoms with Gasteiger partial charge in [0.1, 0.15) is 0 Å². The van der Waals surface area contributed by atoms with Gasteiger partial charge in [0.2, 0.25) is 0 Å². The van der Waals surface area contributed by atoms with Crippen LogP contribution in [-0.2, 0) is 0 Å². The molecule has 0 heterocycles. The minimum atomic E-state index is 0.862. The highest BCUT2D eigenvalue weighted by molar-refractivity contribution is 4.73. The largest absolute Gasteiger partial charge is 0.314 e. The third-order valence-corrected chi connectivity index (χ3v) is 5.82. The predicted molar refractivity (Wildman–Crippen MR) is 110 cm³/mol. The molecule has 0 amide bonds. The Morgan fingerprint density at radius 1 is 0.542 bits per heavy atom. The van der Waals surface area contributed by atoms with Gasteiger partial charge in [0, 0.05) is 6.04 Å². The van der Waals surface area contributed by atoms with E-state index in [0.717, 1.165) is 6.04 Å². The zero-order valence-corrected chi connectivity index (χ0v) is 16.9. The average molecular weight is 338 g/mol. The van der Waals surface area contributed by atoms with E-state index in [-0.39, 0.29) is 0 Å². The van der Waals surface area contributed by atoms with Crippen molar-refractivity contribution in [3.05, 3.63) is 0 Å². The molecule has 144 valence electrons. The predicted octanol–water partition coefficient (Wildman–Crippen LogP) is 7.78. The molecular formula is C23H47N. The van der Waals surface area contributed by atoms with Crippen LogP contribution in [0, 0.1) is 0 Å². The van der Waals surface area contributed by atoms with Crippen molar-refractivity contribution in [1.29, 1.82) is 0 Å². The summed E-state index contributed by atoms with van der Waals surface area (Å²) in [6.07, 6.45) is 29.2. The van der Waals surface area contributed by atoms with Crippen LogP contribution in [0.15, 0.2) is 0 Å². The van der Waals surface area contributed by atoms with E-state index in [2.05, 4.69) is 12.2 Å². The van der Waals surface area contributed by atoms with Gasteiger partial charge in [0.05, 0.1) is 0 Å². The van der Waals surface area contributed by atoms with E-state index in [4.69, 9.17) is 0 Å². The fraction of sp³-hybridized carbons (Fsp3) is 1.00. The highest BCUT2D eigenvalue weighted by atomic mass is 14.9. The van der Waals surface area contributed by atoms with Crippen molar-refractivity contribution in [2.24, 2.45) is 0 Å². The van der Waals surface area contributed by atoms with E-state index in [1.807, 2.05) is 0 Å². The Kier molecular flexibility index (Phi) is 16.3. The number of nitrogens with one attached hydrogen (secondary N) is 1. The Labute approximate surface area is 153 Å². The van der Waals surface area contributed by atoms with E-state index in [9.17, 15) is 0 Å². The number of rotatable bonds is 18. The van der Waals surface area contributed by atoms with Gasteiger partial charge < -0.3 is 5.32 Å². The number of hydrogen-bond acceptors (Lipinski definition) is 1. The van der Waals surface area contributed by atoms with E-state index in [0.29, 0.717) is 0 Å². The summed E-state index contributed by atoms with van der Waals surface area (Å²) in [4.78, 5) is 0. The maximum absolute atomic E-state index is 3.73. The van der Waals surface area contributed by atoms with Crippen molar-refractivity contribution in [3.8, 4) is 0 Å². The van der Waals surface area contributed by atoms with Crippen LogP contribution in [0.4, 0.5) is 0 Å². The van der Waals surface area contributed by atoms with Crippen LogP contribution in [0.25, 0.3) is 0 Å². The summed E-state index contributed by atoms with van der Waals surface area (Å²) < 4.78 is 0. The number of hydrogen-bond donors (Lipinski definition) is 1. The van der Waals surface area contributed by atoms with Crippen LogP contribution in [0.5, 0.6) is 0 Å². The van der Waals surface area contributed by atoms with Crippen LogP contribution < -0.4 is 5.32 Å². The van der Waals surface area contributed by atoms with Gasteiger partial charge in [0.15, 0.2) is 0 Å². The molecule has 0 atom stereocenters. The molecule has 0 aromatic heterocycles. The first kappa shape index (κ1) is 22.0. The minimum absolute atomic E-state index is 0.862. The Hall–Kier alpha value is -0.0400. The molecule has 0 aromatic carbocycles. The number of unbranched alkanes of at least 4 members (excludes halogenated alkanes) is 15. The smallest absolute Gasteiger partial charge is 0.00670 e. The second kappa shape index (κ2) is 17.8. The van der Waals surface area contributed by atoms with Gasteiger partial charge in [-0.3, -0.25) is 0 Å². The van der Waals surface area contributed by atoms with Crippen molar-refractivity contribution in [2.75, 3.05) is 6.54 Å². The molecule has 1 rings (SSSR count). The summed E-state index contributed by atoms with van der Waals surface area (Å²) in [5.74, 6) is 0. The van der Waals surface area contributed by atoms with Gasteiger partial charge in [-0.05, 0) is 25.8 Å². The molecule has 0 bridgehead atoms. The summed E-state index contributed by atoms with van der Waals surface area (Å²) in [6, 6.07) is 0.862. The van der Waals surface area contributed by atoms with E-state index in [1.165, 1.54) is 135 Å². The van der Waals surface area contributed by atoms with Crippen molar-refractivity contribution in [1.82, 2.24) is 5.32 Å². The Bertz CT molecular complexity index is 232. The lowest BCUT2D eigenvalue weighted by atomic mass is 10.0. The second-order valence-electron chi connectivity index (χ2n) is 8.24. The molecule has 1 saturated carbocycles. The molecule has 0 aliphatic heterocycles. The maximum atomic E-state index is 3.73. The Morgan fingerprint density at radius 3 is 1.33 bits per heavy atom. The molecule has 1 heteroatoms. The van der Waals surface area contributed by atoms with Crippen molar-refractivity contribution >= 4 is 0 Å². The summed E-state index contributed by atoms with van der Waals surface area (Å²) in [6.45, 7) is 3.57. The third-order valence-electron chi connectivity index (χ3n) is 5.82. The quantitative estimate of drug-likeness (QED) is 0.252. The van der Waals surface area contributed by atoms with E-state index in [1.54, 1.807) is 0 Å². The summed E-state index contributed by atoms with van der Waals surface area (Å²) >= 11 is 0. The van der Waals surface area contributed by atoms with Crippen molar-refractivity contribution < 1.29 is 0 Å². The third kappa shape index (κ3) is 14.3. The van der Waals surface area contributed by atoms with Gasteiger partial charge in [-0.1, -0.05) is 116 Å². The molecule has 0 radical (unpaired) electrons. The molecule has 0 unspecified atom stereocenters. The lowest BCUT2D eigenvalue weighted by Gasteiger charge is -2.11. The first-order chi connectivity index (χ1) is 11.9. The lowest BCUT2D eigenvalue weighted by Crippen LogP contribution is -2.26. The van der Waals surface area contributed by atoms with Crippen molar-refractivity contribution in [3.63, 3.8) is 0 Å². The molecule has 0 aromatic rings. The SMILES string of the molecule is CCCCCCCCCCCCCCCCCCNC1CCCC1. The summed E-state index contributed by atoms with van der Waals surface area (Å²) in [7, 11) is 0. The summed E-state index contributed by atoms with van der Waals surface area (Å²) in [5.41, 5.74) is 0. The molecule has 1 fully saturated rings. The highest BCUT2D eigenvalue weighted by Crippen LogP contribution is 2.17. The molecule has 1 nitrogen and oxygen atoms in total. The van der Waals surface area contributed by atoms with Crippen molar-refractivity contribution in [2.45, 2.75) is 141 Å². The monoisotopic (exact) mass is 337 g/mol. The lowest BCUT2D eigenvalue weighted by molar-refractivity contribution is 0.492. The topological polar surface area (TPSA) is 12.0 Å². The molecule has 1 aliphatic rings. The molecule has 0 spiro atoms. The fourth-order valence-corrected chi connectivity index (χ4v) is 4.11. The second-order valence-corrected chi connectivity index (χ2v) is 8.24. The van der Waals surface area contributed by atoms with Crippen LogP contribution in [0.3, 0.4) is 0 Å². The zero-order chi connectivity index (χ0) is 17.1. The van der Waals surface area contributed by atoms with Crippen LogP contribution in [-0.4, -0.2) is 12.6 Å². The molecule has 0 saturated heterocycles. The van der Waals surface area contributed by atoms with Gasteiger partial charge in [-0.15, -0.1) is 0 Å². The van der Waals surface area contributed by atoms with Gasteiger partial charge in [0.25, 0.3) is 0 Å². The highest BCUT2D eigenvalue weighted by Gasteiger charge is 2.12. The first-order valence-corrected chi connectivity index (χ1v) is 11.7. The van der Waals surface area contributed by atoms with Gasteiger partial charge >= 0.3 is 0 Å². The molecule has 1 N–H and O–H groups in total. The van der Waals surface area contributed by atoms with Crippen LogP contribution in [0.2, 0.25) is 0 Å². The summed E-state index contributed by atoms with van der Waals surface area (Å²) in [5, 5.41) is 3.73. The average Bonchev–Trinajstić information content (AvgIpc) is 3.11. The molecule has 24 heavy (non-hydrogen) atoms. The van der Waals surface area contributed by atoms with Gasteiger partial charge in [-0.25, -0.2) is 0 Å². The Morgan fingerprint density at radius 2 is 0.917 bits per heavy atom. The molecule has 1 aliphatic carbocycles. The fourth-order valence-electron chi connectivity index (χ4n) is 4.11. The standard InChI is InChI=1S/C23H47N/c1-2-3-4-5-6-7-8-9-10-11-12-13-14-15-16-19-22-24-23-20-17-18-21-23/h23-24H,2-22H2,1H3. The van der Waals surface area contributed by atoms with E-state index >= 15 is 0 Å². The minimum Gasteiger partial charge on any atom is -0.314 e. The van der Waals surface area contributed by atoms with E-state index < -0.39 is 0 Å². The molecular weight excluding hydrogens is 290 g/mol. The van der Waals surface area contributed by atoms with Crippen LogP contribution >= 0.6 is 0 Å². The normalized spacial score (nSPS) is 15.4. The maximum Gasteiger partial charge on any atom is 0.00670 e. The van der Waals surface area contributed by atoms with Crippen LogP contribution in [0.1, 0.15) is 135 Å². The zero-order valence-electron chi connectivity index (χ0n) is 16.9. The first-order valence-electron chi connectivity index (χ1n) is 11.7.